The van der Waals surface area contributed by atoms with E-state index in [4.69, 9.17) is 14.2 Å². The van der Waals surface area contributed by atoms with E-state index >= 15 is 0 Å². The van der Waals surface area contributed by atoms with Gasteiger partial charge in [-0.25, -0.2) is 0 Å². The third-order valence-electron chi connectivity index (χ3n) is 3.69. The first-order valence-electron chi connectivity index (χ1n) is 9.94. The molecule has 0 heterocycles. The van der Waals surface area contributed by atoms with Crippen LogP contribution in [0, 0.1) is 0 Å². The summed E-state index contributed by atoms with van der Waals surface area (Å²) in [5.41, 5.74) is 0.748. The van der Waals surface area contributed by atoms with E-state index in [-0.39, 0.29) is 17.0 Å². The zero-order valence-electron chi connectivity index (χ0n) is 18.5. The van der Waals surface area contributed by atoms with Crippen molar-refractivity contribution in [3.05, 3.63) is 59.7 Å². The van der Waals surface area contributed by atoms with E-state index in [1.54, 1.807) is 36.4 Å². The number of rotatable bonds is 7. The molecule has 0 aliphatic rings. The lowest BCUT2D eigenvalue weighted by Crippen LogP contribution is -2.24. The fourth-order valence-corrected chi connectivity index (χ4v) is 2.63. The second-order valence-electron chi connectivity index (χ2n) is 8.78. The van der Waals surface area contributed by atoms with Crippen molar-refractivity contribution >= 4 is 11.9 Å². The van der Waals surface area contributed by atoms with Gasteiger partial charge in [0.25, 0.3) is 0 Å². The standard InChI is InChI=1S/C25H32O4/c1-8-27-20-13-9-18(10-14-20)22(26)16-12-19-11-15-21(28-24(2,3)4)17-23(19)29-25(5,6)7/h9-17H,8H2,1-7H3/b16-12+. The Morgan fingerprint density at radius 2 is 1.45 bits per heavy atom. The van der Waals surface area contributed by atoms with Crippen LogP contribution in [0.1, 0.15) is 64.4 Å². The summed E-state index contributed by atoms with van der Waals surface area (Å²) in [6.45, 7) is 14.5. The Labute approximate surface area is 174 Å². The maximum atomic E-state index is 12.5. The van der Waals surface area contributed by atoms with Gasteiger partial charge in [0.15, 0.2) is 5.78 Å². The van der Waals surface area contributed by atoms with E-state index in [0.29, 0.717) is 17.9 Å². The summed E-state index contributed by atoms with van der Waals surface area (Å²) >= 11 is 0. The van der Waals surface area contributed by atoms with Crippen molar-refractivity contribution in [3.63, 3.8) is 0 Å². The molecule has 2 aromatic rings. The average molecular weight is 397 g/mol. The minimum atomic E-state index is -0.373. The molecule has 0 fully saturated rings. The lowest BCUT2D eigenvalue weighted by Gasteiger charge is -2.25. The molecule has 0 unspecified atom stereocenters. The molecule has 0 atom stereocenters. The summed E-state index contributed by atoms with van der Waals surface area (Å²) in [5.74, 6) is 2.08. The highest BCUT2D eigenvalue weighted by molar-refractivity contribution is 6.07. The molecule has 4 nitrogen and oxygen atoms in total. The van der Waals surface area contributed by atoms with E-state index in [9.17, 15) is 4.79 Å². The third kappa shape index (κ3) is 7.65. The number of hydrogen-bond acceptors (Lipinski definition) is 4. The van der Waals surface area contributed by atoms with Crippen LogP contribution in [0.25, 0.3) is 6.08 Å². The fraction of sp³-hybridized carbons (Fsp3) is 0.400. The largest absolute Gasteiger partial charge is 0.494 e. The molecule has 0 aliphatic heterocycles. The molecule has 0 saturated carbocycles. The van der Waals surface area contributed by atoms with Gasteiger partial charge in [0.2, 0.25) is 0 Å². The molecule has 2 rings (SSSR count). The van der Waals surface area contributed by atoms with E-state index < -0.39 is 0 Å². The van der Waals surface area contributed by atoms with Gasteiger partial charge in [-0.3, -0.25) is 4.79 Å². The zero-order valence-corrected chi connectivity index (χ0v) is 18.5. The molecule has 0 spiro atoms. The number of carbonyl (C=O) groups excluding carboxylic acids is 1. The maximum Gasteiger partial charge on any atom is 0.185 e. The van der Waals surface area contributed by atoms with Crippen LogP contribution in [-0.2, 0) is 0 Å². The van der Waals surface area contributed by atoms with Crippen molar-refractivity contribution in [2.24, 2.45) is 0 Å². The predicted octanol–water partition coefficient (Wildman–Crippen LogP) is 6.34. The molecule has 0 aliphatic carbocycles. The van der Waals surface area contributed by atoms with Gasteiger partial charge in [0.05, 0.1) is 6.61 Å². The summed E-state index contributed by atoms with van der Waals surface area (Å²) in [6, 6.07) is 12.8. The Balaban J connectivity index is 2.25. The van der Waals surface area contributed by atoms with Gasteiger partial charge < -0.3 is 14.2 Å². The van der Waals surface area contributed by atoms with Crippen molar-refractivity contribution in [2.45, 2.75) is 59.7 Å². The monoisotopic (exact) mass is 396 g/mol. The molecule has 156 valence electrons. The molecule has 2 aromatic carbocycles. The van der Waals surface area contributed by atoms with Crippen molar-refractivity contribution in [2.75, 3.05) is 6.61 Å². The second kappa shape index (κ2) is 9.17. The minimum absolute atomic E-state index is 0.0789. The lowest BCUT2D eigenvalue weighted by molar-refractivity contribution is 0.104. The number of ketones is 1. The van der Waals surface area contributed by atoms with Crippen molar-refractivity contribution in [1.82, 2.24) is 0 Å². The summed E-state index contributed by atoms with van der Waals surface area (Å²) < 4.78 is 17.5. The van der Waals surface area contributed by atoms with Crippen LogP contribution in [0.4, 0.5) is 0 Å². The van der Waals surface area contributed by atoms with Gasteiger partial charge >= 0.3 is 0 Å². The smallest absolute Gasteiger partial charge is 0.185 e. The van der Waals surface area contributed by atoms with Gasteiger partial charge in [-0.15, -0.1) is 0 Å². The summed E-state index contributed by atoms with van der Waals surface area (Å²) in [6.07, 6.45) is 3.34. The van der Waals surface area contributed by atoms with Crippen LogP contribution in [0.2, 0.25) is 0 Å². The summed E-state index contributed by atoms with van der Waals surface area (Å²) in [5, 5.41) is 0. The Hall–Kier alpha value is -2.75. The van der Waals surface area contributed by atoms with Crippen LogP contribution in [0.15, 0.2) is 48.5 Å². The van der Waals surface area contributed by atoms with Crippen LogP contribution in [-0.4, -0.2) is 23.6 Å². The summed E-state index contributed by atoms with van der Waals surface area (Å²) in [7, 11) is 0. The van der Waals surface area contributed by atoms with Gasteiger partial charge in [-0.1, -0.05) is 0 Å². The van der Waals surface area contributed by atoms with Gasteiger partial charge in [0, 0.05) is 17.2 Å². The van der Waals surface area contributed by atoms with Gasteiger partial charge in [-0.05, 0) is 97.0 Å². The molecule has 0 N–H and O–H groups in total. The van der Waals surface area contributed by atoms with Crippen LogP contribution >= 0.6 is 0 Å². The molecule has 4 heteroatoms. The second-order valence-corrected chi connectivity index (χ2v) is 8.78. The van der Waals surface area contributed by atoms with Gasteiger partial charge in [-0.2, -0.15) is 0 Å². The third-order valence-corrected chi connectivity index (χ3v) is 3.69. The topological polar surface area (TPSA) is 44.8 Å². The Morgan fingerprint density at radius 1 is 0.862 bits per heavy atom. The number of hydrogen-bond donors (Lipinski definition) is 0. The van der Waals surface area contributed by atoms with E-state index in [1.165, 1.54) is 0 Å². The zero-order chi connectivity index (χ0) is 21.7. The Bertz CT molecular complexity index is 850. The Kier molecular flexibility index (Phi) is 7.12. The maximum absolute atomic E-state index is 12.5. The minimum Gasteiger partial charge on any atom is -0.494 e. The first-order chi connectivity index (χ1) is 13.5. The first kappa shape index (κ1) is 22.5. The van der Waals surface area contributed by atoms with E-state index in [0.717, 1.165) is 17.1 Å². The fourth-order valence-electron chi connectivity index (χ4n) is 2.63. The van der Waals surface area contributed by atoms with Crippen LogP contribution in [0.3, 0.4) is 0 Å². The average Bonchev–Trinajstić information content (AvgIpc) is 2.59. The first-order valence-corrected chi connectivity index (χ1v) is 9.94. The SMILES string of the molecule is CCOc1ccc(C(=O)/C=C/c2ccc(OC(C)(C)C)cc2OC(C)(C)C)cc1. The molecular weight excluding hydrogens is 364 g/mol. The molecule has 0 amide bonds. The predicted molar refractivity (Wildman–Crippen MR) is 118 cm³/mol. The summed E-state index contributed by atoms with van der Waals surface area (Å²) in [4.78, 5) is 12.5. The van der Waals surface area contributed by atoms with Gasteiger partial charge in [0.1, 0.15) is 28.5 Å². The quantitative estimate of drug-likeness (QED) is 0.405. The van der Waals surface area contributed by atoms with E-state index in [1.807, 2.05) is 66.7 Å². The lowest BCUT2D eigenvalue weighted by atomic mass is 10.1. The highest BCUT2D eigenvalue weighted by Crippen LogP contribution is 2.31. The molecule has 0 saturated heterocycles. The molecule has 0 bridgehead atoms. The Morgan fingerprint density at radius 3 is 2.00 bits per heavy atom. The number of benzene rings is 2. The van der Waals surface area contributed by atoms with Crippen LogP contribution < -0.4 is 14.2 Å². The number of allylic oxidation sites excluding steroid dienone is 1. The normalized spacial score (nSPS) is 12.1. The van der Waals surface area contributed by atoms with Crippen molar-refractivity contribution in [3.8, 4) is 17.2 Å². The van der Waals surface area contributed by atoms with Crippen LogP contribution in [0.5, 0.6) is 17.2 Å². The highest BCUT2D eigenvalue weighted by atomic mass is 16.5. The molecule has 0 aromatic heterocycles. The highest BCUT2D eigenvalue weighted by Gasteiger charge is 2.17. The molecule has 29 heavy (non-hydrogen) atoms. The van der Waals surface area contributed by atoms with E-state index in [2.05, 4.69) is 0 Å². The number of carbonyl (C=O) groups is 1. The van der Waals surface area contributed by atoms with Crippen molar-refractivity contribution in [1.29, 1.82) is 0 Å². The van der Waals surface area contributed by atoms with Crippen molar-refractivity contribution < 1.29 is 19.0 Å². The molecule has 0 radical (unpaired) electrons. The number of ether oxygens (including phenoxy) is 3. The molecular formula is C25H32O4.